The van der Waals surface area contributed by atoms with Gasteiger partial charge in [-0.3, -0.25) is 4.79 Å². The van der Waals surface area contributed by atoms with Crippen LogP contribution in [0.4, 0.5) is 5.95 Å². The van der Waals surface area contributed by atoms with Crippen molar-refractivity contribution in [3.05, 3.63) is 53.9 Å². The summed E-state index contributed by atoms with van der Waals surface area (Å²) in [4.78, 5) is 23.4. The van der Waals surface area contributed by atoms with E-state index in [-0.39, 0.29) is 5.91 Å². The second-order valence-corrected chi connectivity index (χ2v) is 6.93. The highest BCUT2D eigenvalue weighted by atomic mass is 16.1. The number of likely N-dealkylation sites (tertiary alicyclic amines) is 1. The maximum Gasteiger partial charge on any atom is 0.251 e. The van der Waals surface area contributed by atoms with Gasteiger partial charge in [0.05, 0.1) is 0 Å². The van der Waals surface area contributed by atoms with Gasteiger partial charge in [0, 0.05) is 30.5 Å². The molecule has 0 bridgehead atoms. The van der Waals surface area contributed by atoms with Crippen LogP contribution in [0.15, 0.2) is 42.6 Å². The number of aryl methyl sites for hydroxylation is 1. The van der Waals surface area contributed by atoms with Crippen molar-refractivity contribution in [1.82, 2.24) is 20.2 Å². The molecule has 6 heteroatoms. The molecule has 0 unspecified atom stereocenters. The van der Waals surface area contributed by atoms with Crippen molar-refractivity contribution < 1.29 is 4.79 Å². The molecule has 1 aromatic carbocycles. The summed E-state index contributed by atoms with van der Waals surface area (Å²) in [7, 11) is 0. The number of benzene rings is 1. The summed E-state index contributed by atoms with van der Waals surface area (Å²) in [5.41, 5.74) is 1.74. The minimum absolute atomic E-state index is 0.0650. The number of nitrogens with one attached hydrogen (secondary N) is 2. The lowest BCUT2D eigenvalue weighted by atomic mass is 10.1. The molecule has 27 heavy (non-hydrogen) atoms. The largest absolute Gasteiger partial charge is 0.352 e. The summed E-state index contributed by atoms with van der Waals surface area (Å²) in [5.74, 6) is 0.559. The van der Waals surface area contributed by atoms with E-state index in [0.29, 0.717) is 24.6 Å². The summed E-state index contributed by atoms with van der Waals surface area (Å²) in [6, 6.07) is 11.2. The van der Waals surface area contributed by atoms with Crippen LogP contribution in [0.2, 0.25) is 0 Å². The molecular formula is C21H29N5O. The molecule has 0 aliphatic carbocycles. The minimum Gasteiger partial charge on any atom is -0.352 e. The van der Waals surface area contributed by atoms with Crippen molar-refractivity contribution in [3.63, 3.8) is 0 Å². The van der Waals surface area contributed by atoms with Crippen LogP contribution in [0.5, 0.6) is 0 Å². The average molecular weight is 367 g/mol. The fourth-order valence-electron chi connectivity index (χ4n) is 3.33. The molecule has 1 aliphatic rings. The zero-order valence-corrected chi connectivity index (χ0v) is 15.9. The Bertz CT molecular complexity index is 701. The first-order valence-corrected chi connectivity index (χ1v) is 9.93. The van der Waals surface area contributed by atoms with Gasteiger partial charge in [-0.2, -0.15) is 0 Å². The SMILES string of the molecule is O=C(NCCNc1nccc(CCCN2CCCCC2)n1)c1ccccc1. The Morgan fingerprint density at radius 2 is 1.85 bits per heavy atom. The zero-order chi connectivity index (χ0) is 18.7. The fourth-order valence-corrected chi connectivity index (χ4v) is 3.33. The number of carbonyl (C=O) groups is 1. The van der Waals surface area contributed by atoms with E-state index in [2.05, 4.69) is 25.5 Å². The van der Waals surface area contributed by atoms with Gasteiger partial charge >= 0.3 is 0 Å². The lowest BCUT2D eigenvalue weighted by Gasteiger charge is -2.26. The number of amides is 1. The van der Waals surface area contributed by atoms with Crippen LogP contribution in [-0.4, -0.2) is 53.5 Å². The van der Waals surface area contributed by atoms with Crippen molar-refractivity contribution in [2.24, 2.45) is 0 Å². The average Bonchev–Trinajstić information content (AvgIpc) is 2.73. The van der Waals surface area contributed by atoms with Crippen LogP contribution >= 0.6 is 0 Å². The van der Waals surface area contributed by atoms with Crippen molar-refractivity contribution in [3.8, 4) is 0 Å². The quantitative estimate of drug-likeness (QED) is 0.667. The number of piperidine rings is 1. The molecule has 1 amide bonds. The number of aromatic nitrogens is 2. The summed E-state index contributed by atoms with van der Waals surface area (Å²) >= 11 is 0. The van der Waals surface area contributed by atoms with Crippen molar-refractivity contribution in [2.75, 3.05) is 38.0 Å². The molecule has 2 aromatic rings. The Balaban J connectivity index is 1.35. The molecule has 1 aliphatic heterocycles. The fraction of sp³-hybridized carbons (Fsp3) is 0.476. The highest BCUT2D eigenvalue weighted by Gasteiger charge is 2.09. The van der Waals surface area contributed by atoms with Crippen molar-refractivity contribution in [2.45, 2.75) is 32.1 Å². The van der Waals surface area contributed by atoms with Gasteiger partial charge < -0.3 is 15.5 Å². The molecule has 1 saturated heterocycles. The van der Waals surface area contributed by atoms with Crippen LogP contribution in [0.3, 0.4) is 0 Å². The molecule has 2 heterocycles. The second kappa shape index (κ2) is 10.6. The van der Waals surface area contributed by atoms with Crippen molar-refractivity contribution in [1.29, 1.82) is 0 Å². The first kappa shape index (κ1) is 19.3. The third kappa shape index (κ3) is 6.64. The van der Waals surface area contributed by atoms with E-state index < -0.39 is 0 Å². The topological polar surface area (TPSA) is 70.2 Å². The van der Waals surface area contributed by atoms with E-state index in [0.717, 1.165) is 25.1 Å². The maximum atomic E-state index is 12.0. The molecule has 2 N–H and O–H groups in total. The van der Waals surface area contributed by atoms with E-state index in [4.69, 9.17) is 0 Å². The van der Waals surface area contributed by atoms with Gasteiger partial charge in [-0.15, -0.1) is 0 Å². The van der Waals surface area contributed by atoms with Gasteiger partial charge in [-0.05, 0) is 63.5 Å². The van der Waals surface area contributed by atoms with Gasteiger partial charge in [0.15, 0.2) is 0 Å². The van der Waals surface area contributed by atoms with Crippen LogP contribution in [0.1, 0.15) is 41.7 Å². The third-order valence-electron chi connectivity index (χ3n) is 4.80. The van der Waals surface area contributed by atoms with E-state index in [9.17, 15) is 4.79 Å². The molecule has 0 saturated carbocycles. The van der Waals surface area contributed by atoms with E-state index in [1.165, 1.54) is 32.4 Å². The molecule has 3 rings (SSSR count). The first-order valence-electron chi connectivity index (χ1n) is 9.93. The van der Waals surface area contributed by atoms with E-state index in [1.807, 2.05) is 24.3 Å². The first-order chi connectivity index (χ1) is 13.3. The Morgan fingerprint density at radius 3 is 2.67 bits per heavy atom. The number of anilines is 1. The molecule has 1 fully saturated rings. The normalized spacial score (nSPS) is 14.7. The van der Waals surface area contributed by atoms with E-state index >= 15 is 0 Å². The number of carbonyl (C=O) groups excluding carboxylic acids is 1. The molecule has 144 valence electrons. The third-order valence-corrected chi connectivity index (χ3v) is 4.80. The Kier molecular flexibility index (Phi) is 7.59. The number of rotatable bonds is 9. The Labute approximate surface area is 161 Å². The van der Waals surface area contributed by atoms with Gasteiger partial charge in [-0.25, -0.2) is 9.97 Å². The summed E-state index contributed by atoms with van der Waals surface area (Å²) in [6.07, 6.45) is 7.95. The predicted molar refractivity (Wildman–Crippen MR) is 108 cm³/mol. The standard InChI is InChI=1S/C21H29N5O/c27-20(18-8-3-1-4-9-18)22-13-14-24-21-23-12-11-19(25-21)10-7-17-26-15-5-2-6-16-26/h1,3-4,8-9,11-12H,2,5-7,10,13-17H2,(H,22,27)(H,23,24,25). The van der Waals surface area contributed by atoms with Crippen LogP contribution in [0.25, 0.3) is 0 Å². The molecule has 1 aromatic heterocycles. The van der Waals surface area contributed by atoms with Gasteiger partial charge in [0.1, 0.15) is 0 Å². The smallest absolute Gasteiger partial charge is 0.251 e. The molecule has 0 spiro atoms. The van der Waals surface area contributed by atoms with Gasteiger partial charge in [-0.1, -0.05) is 24.6 Å². The zero-order valence-electron chi connectivity index (χ0n) is 15.9. The lowest BCUT2D eigenvalue weighted by Crippen LogP contribution is -2.30. The van der Waals surface area contributed by atoms with Crippen LogP contribution in [-0.2, 0) is 6.42 Å². The molecule has 0 radical (unpaired) electrons. The predicted octanol–water partition coefficient (Wildman–Crippen LogP) is 2.74. The second-order valence-electron chi connectivity index (χ2n) is 6.93. The van der Waals surface area contributed by atoms with Gasteiger partial charge in [0.25, 0.3) is 5.91 Å². The maximum absolute atomic E-state index is 12.0. The molecule has 0 atom stereocenters. The lowest BCUT2D eigenvalue weighted by molar-refractivity contribution is 0.0955. The Morgan fingerprint density at radius 1 is 1.04 bits per heavy atom. The monoisotopic (exact) mass is 367 g/mol. The number of nitrogens with zero attached hydrogens (tertiary/aromatic N) is 3. The minimum atomic E-state index is -0.0650. The van der Waals surface area contributed by atoms with Gasteiger partial charge in [0.2, 0.25) is 5.95 Å². The highest BCUT2D eigenvalue weighted by molar-refractivity contribution is 5.94. The summed E-state index contributed by atoms with van der Waals surface area (Å²) in [5, 5.41) is 6.08. The van der Waals surface area contributed by atoms with Crippen LogP contribution in [0, 0.1) is 0 Å². The number of hydrogen-bond acceptors (Lipinski definition) is 5. The molecule has 6 nitrogen and oxygen atoms in total. The summed E-state index contributed by atoms with van der Waals surface area (Å²) in [6.45, 7) is 4.75. The Hall–Kier alpha value is -2.47. The number of hydrogen-bond donors (Lipinski definition) is 2. The highest BCUT2D eigenvalue weighted by Crippen LogP contribution is 2.10. The van der Waals surface area contributed by atoms with E-state index in [1.54, 1.807) is 18.3 Å². The van der Waals surface area contributed by atoms with Crippen LogP contribution < -0.4 is 10.6 Å². The van der Waals surface area contributed by atoms with Crippen molar-refractivity contribution >= 4 is 11.9 Å². The summed E-state index contributed by atoms with van der Waals surface area (Å²) < 4.78 is 0. The molecular weight excluding hydrogens is 338 g/mol.